The number of carbonyl (C=O) groups excluding carboxylic acids is 1. The average Bonchev–Trinajstić information content (AvgIpc) is 2.65. The van der Waals surface area contributed by atoms with Crippen molar-refractivity contribution in [1.82, 2.24) is 15.5 Å². The average molecular weight is 395 g/mol. The Morgan fingerprint density at radius 3 is 2.36 bits per heavy atom. The van der Waals surface area contributed by atoms with E-state index in [4.69, 9.17) is 14.2 Å². The van der Waals surface area contributed by atoms with Gasteiger partial charge in [0.25, 0.3) is 0 Å². The van der Waals surface area contributed by atoms with Crippen LogP contribution in [-0.2, 0) is 11.3 Å². The van der Waals surface area contributed by atoms with Crippen LogP contribution in [0, 0.1) is 0 Å². The number of benzene rings is 1. The number of guanidine groups is 1. The summed E-state index contributed by atoms with van der Waals surface area (Å²) in [7, 11) is 4.92. The van der Waals surface area contributed by atoms with Crippen molar-refractivity contribution in [3.05, 3.63) is 23.8 Å². The highest BCUT2D eigenvalue weighted by molar-refractivity contribution is 5.79. The maximum atomic E-state index is 12.2. The van der Waals surface area contributed by atoms with Gasteiger partial charge in [0.15, 0.2) is 17.5 Å². The molecular formula is C20H34N4O4. The number of aliphatic imine (C=N–C) groups is 1. The number of rotatable bonds is 8. The first-order chi connectivity index (χ1) is 13.2. The predicted molar refractivity (Wildman–Crippen MR) is 111 cm³/mol. The zero-order chi connectivity index (χ0) is 21.2. The Hall–Kier alpha value is -2.64. The van der Waals surface area contributed by atoms with Crippen LogP contribution < -0.4 is 20.1 Å². The molecule has 1 aromatic rings. The lowest BCUT2D eigenvalue weighted by molar-refractivity contribution is 0.0264. The smallest absolute Gasteiger partial charge is 0.410 e. The molecule has 0 aliphatic carbocycles. The topological polar surface area (TPSA) is 84.4 Å². The van der Waals surface area contributed by atoms with Gasteiger partial charge in [0.05, 0.1) is 14.2 Å². The van der Waals surface area contributed by atoms with Gasteiger partial charge < -0.3 is 29.7 Å². The van der Waals surface area contributed by atoms with Gasteiger partial charge >= 0.3 is 6.09 Å². The van der Waals surface area contributed by atoms with E-state index in [0.29, 0.717) is 43.6 Å². The Labute approximate surface area is 168 Å². The van der Waals surface area contributed by atoms with Crippen LogP contribution in [0.3, 0.4) is 0 Å². The minimum atomic E-state index is -0.505. The number of hydrogen-bond acceptors (Lipinski definition) is 5. The minimum Gasteiger partial charge on any atom is -0.493 e. The third-order valence-electron chi connectivity index (χ3n) is 3.84. The van der Waals surface area contributed by atoms with Crippen molar-refractivity contribution in [3.63, 3.8) is 0 Å². The molecule has 0 heterocycles. The van der Waals surface area contributed by atoms with Crippen LogP contribution in [-0.4, -0.2) is 63.5 Å². The van der Waals surface area contributed by atoms with Gasteiger partial charge in [0.1, 0.15) is 5.60 Å². The van der Waals surface area contributed by atoms with Crippen molar-refractivity contribution in [3.8, 4) is 11.5 Å². The van der Waals surface area contributed by atoms with E-state index >= 15 is 0 Å². The molecule has 0 saturated heterocycles. The first-order valence-electron chi connectivity index (χ1n) is 9.37. The van der Waals surface area contributed by atoms with Crippen molar-refractivity contribution in [2.45, 2.75) is 39.8 Å². The second-order valence-corrected chi connectivity index (χ2v) is 7.10. The summed E-state index contributed by atoms with van der Waals surface area (Å²) in [5, 5.41) is 6.45. The number of likely N-dealkylation sites (N-methyl/N-ethyl adjacent to an activating group) is 1. The number of amides is 1. The highest BCUT2D eigenvalue weighted by Gasteiger charge is 2.20. The fraction of sp³-hybridized carbons (Fsp3) is 0.600. The lowest BCUT2D eigenvalue weighted by Crippen LogP contribution is -2.44. The van der Waals surface area contributed by atoms with Crippen molar-refractivity contribution < 1.29 is 19.0 Å². The summed E-state index contributed by atoms with van der Waals surface area (Å²) in [6.45, 7) is 9.72. The molecule has 0 atom stereocenters. The Kier molecular flexibility index (Phi) is 9.41. The second-order valence-electron chi connectivity index (χ2n) is 7.10. The molecule has 0 bridgehead atoms. The normalized spacial score (nSPS) is 11.6. The third kappa shape index (κ3) is 7.94. The van der Waals surface area contributed by atoms with Gasteiger partial charge in [-0.05, 0) is 45.4 Å². The predicted octanol–water partition coefficient (Wildman–Crippen LogP) is 2.63. The van der Waals surface area contributed by atoms with Crippen LogP contribution >= 0.6 is 0 Å². The molecule has 0 aliphatic rings. The highest BCUT2D eigenvalue weighted by Crippen LogP contribution is 2.27. The monoisotopic (exact) mass is 394 g/mol. The van der Waals surface area contributed by atoms with Gasteiger partial charge in [-0.25, -0.2) is 4.79 Å². The van der Waals surface area contributed by atoms with E-state index < -0.39 is 5.60 Å². The Morgan fingerprint density at radius 2 is 1.82 bits per heavy atom. The number of nitrogens with zero attached hydrogens (tertiary/aromatic N) is 2. The van der Waals surface area contributed by atoms with Gasteiger partial charge in [-0.15, -0.1) is 0 Å². The molecule has 28 heavy (non-hydrogen) atoms. The lowest BCUT2D eigenvalue weighted by atomic mass is 10.2. The molecule has 158 valence electrons. The van der Waals surface area contributed by atoms with Crippen LogP contribution in [0.1, 0.15) is 33.3 Å². The van der Waals surface area contributed by atoms with Crippen molar-refractivity contribution >= 4 is 12.1 Å². The van der Waals surface area contributed by atoms with E-state index in [0.717, 1.165) is 5.56 Å². The third-order valence-corrected chi connectivity index (χ3v) is 3.84. The molecule has 0 saturated carbocycles. The van der Waals surface area contributed by atoms with Crippen molar-refractivity contribution in [2.75, 3.05) is 40.9 Å². The zero-order valence-corrected chi connectivity index (χ0v) is 18.1. The molecule has 0 spiro atoms. The van der Waals surface area contributed by atoms with E-state index in [1.807, 2.05) is 45.9 Å². The molecule has 2 N–H and O–H groups in total. The van der Waals surface area contributed by atoms with Crippen LogP contribution in [0.25, 0.3) is 0 Å². The van der Waals surface area contributed by atoms with Gasteiger partial charge in [-0.1, -0.05) is 6.07 Å². The molecule has 1 rings (SSSR count). The Morgan fingerprint density at radius 1 is 1.14 bits per heavy atom. The Balaban J connectivity index is 2.52. The summed E-state index contributed by atoms with van der Waals surface area (Å²) in [6, 6.07) is 5.75. The number of ether oxygens (including phenoxy) is 3. The van der Waals surface area contributed by atoms with Crippen molar-refractivity contribution in [1.29, 1.82) is 0 Å². The van der Waals surface area contributed by atoms with Crippen LogP contribution in [0.5, 0.6) is 11.5 Å². The summed E-state index contributed by atoms with van der Waals surface area (Å²) >= 11 is 0. The fourth-order valence-corrected chi connectivity index (χ4v) is 2.41. The summed E-state index contributed by atoms with van der Waals surface area (Å²) in [5.41, 5.74) is 0.527. The lowest BCUT2D eigenvalue weighted by Gasteiger charge is -2.26. The molecule has 0 radical (unpaired) electrons. The number of methoxy groups -OCH3 is 2. The zero-order valence-electron chi connectivity index (χ0n) is 18.1. The molecular weight excluding hydrogens is 360 g/mol. The largest absolute Gasteiger partial charge is 0.493 e. The molecule has 0 aromatic heterocycles. The van der Waals surface area contributed by atoms with Crippen LogP contribution in [0.2, 0.25) is 0 Å². The first kappa shape index (κ1) is 23.4. The maximum Gasteiger partial charge on any atom is 0.410 e. The van der Waals surface area contributed by atoms with E-state index in [9.17, 15) is 4.79 Å². The van der Waals surface area contributed by atoms with Crippen LogP contribution in [0.4, 0.5) is 4.79 Å². The highest BCUT2D eigenvalue weighted by atomic mass is 16.6. The van der Waals surface area contributed by atoms with E-state index in [2.05, 4.69) is 15.6 Å². The molecule has 1 aromatic carbocycles. The number of carbonyl (C=O) groups is 1. The summed E-state index contributed by atoms with van der Waals surface area (Å²) in [5.74, 6) is 2.02. The number of hydrogen-bond donors (Lipinski definition) is 2. The van der Waals surface area contributed by atoms with E-state index in [1.165, 1.54) is 0 Å². The fourth-order valence-electron chi connectivity index (χ4n) is 2.41. The van der Waals surface area contributed by atoms with E-state index in [1.54, 1.807) is 26.2 Å². The Bertz CT molecular complexity index is 656. The molecule has 0 unspecified atom stereocenters. The van der Waals surface area contributed by atoms with Crippen LogP contribution in [0.15, 0.2) is 23.2 Å². The van der Waals surface area contributed by atoms with Gasteiger partial charge in [-0.3, -0.25) is 4.99 Å². The molecule has 8 nitrogen and oxygen atoms in total. The summed E-state index contributed by atoms with van der Waals surface area (Å²) in [6.07, 6.45) is -0.315. The van der Waals surface area contributed by atoms with Crippen molar-refractivity contribution in [2.24, 2.45) is 4.99 Å². The SMILES string of the molecule is CCN(CCNC(=NC)NCc1ccc(OC)c(OC)c1)C(=O)OC(C)(C)C. The summed E-state index contributed by atoms with van der Waals surface area (Å²) < 4.78 is 16.0. The molecule has 0 fully saturated rings. The van der Waals surface area contributed by atoms with Gasteiger partial charge in [0.2, 0.25) is 0 Å². The first-order valence-corrected chi connectivity index (χ1v) is 9.37. The quantitative estimate of drug-likeness (QED) is 0.521. The molecule has 0 aliphatic heterocycles. The second kappa shape index (κ2) is 11.3. The number of nitrogens with one attached hydrogen (secondary N) is 2. The van der Waals surface area contributed by atoms with Gasteiger partial charge in [0, 0.05) is 33.2 Å². The maximum absolute atomic E-state index is 12.2. The molecule has 1 amide bonds. The summed E-state index contributed by atoms with van der Waals surface area (Å²) in [4.78, 5) is 18.0. The molecule has 8 heteroatoms. The minimum absolute atomic E-state index is 0.315. The standard InChI is InChI=1S/C20H34N4O4/c1-8-24(19(25)28-20(2,3)4)12-11-22-18(21-5)23-14-15-9-10-16(26-6)17(13-15)27-7/h9-10,13H,8,11-12,14H2,1-7H3,(H2,21,22,23). The van der Waals surface area contributed by atoms with Gasteiger partial charge in [-0.2, -0.15) is 0 Å². The van der Waals surface area contributed by atoms with E-state index in [-0.39, 0.29) is 6.09 Å².